The third-order valence-corrected chi connectivity index (χ3v) is 7.40. The maximum atomic E-state index is 15.1. The standard InChI is InChI=1S/C26H23F2N3O2S/c1-16-7-8-18(13-29-16)23-11-19-14-34-25(30-24(32)17-5-3-2-4-6-17)31-26(19,15-33-23)21-10-9-20(27)12-22(21)28/h2-10,12-13,19,23H,11,14-15H2,1H3,(H,30,31,32). The fraction of sp³-hybridized carbons (Fsp3) is 0.269. The van der Waals surface area contributed by atoms with Crippen LogP contribution < -0.4 is 5.32 Å². The first-order chi connectivity index (χ1) is 16.4. The zero-order chi connectivity index (χ0) is 23.7. The minimum atomic E-state index is -1.07. The van der Waals surface area contributed by atoms with Crippen molar-refractivity contribution in [3.63, 3.8) is 0 Å². The second kappa shape index (κ2) is 9.27. The van der Waals surface area contributed by atoms with Gasteiger partial charge >= 0.3 is 0 Å². The van der Waals surface area contributed by atoms with E-state index in [1.54, 1.807) is 30.5 Å². The second-order valence-corrected chi connectivity index (χ2v) is 9.57. The number of hydrogen-bond acceptors (Lipinski definition) is 5. The lowest BCUT2D eigenvalue weighted by Gasteiger charge is -2.46. The van der Waals surface area contributed by atoms with Crippen LogP contribution in [-0.2, 0) is 10.3 Å². The molecule has 1 aromatic heterocycles. The number of nitrogens with zero attached hydrogens (tertiary/aromatic N) is 2. The van der Waals surface area contributed by atoms with E-state index >= 15 is 4.39 Å². The van der Waals surface area contributed by atoms with E-state index in [1.807, 2.05) is 25.1 Å². The maximum Gasteiger partial charge on any atom is 0.257 e. The SMILES string of the molecule is Cc1ccc(C2CC3CSC(NC(=O)c4ccccc4)=NC3(c3ccc(F)cc3F)CO2)cn1. The molecule has 1 saturated heterocycles. The minimum absolute atomic E-state index is 0.0881. The fourth-order valence-corrected chi connectivity index (χ4v) is 5.68. The lowest BCUT2D eigenvalue weighted by molar-refractivity contribution is -0.0589. The molecule has 3 heterocycles. The number of ether oxygens (including phenoxy) is 1. The summed E-state index contributed by atoms with van der Waals surface area (Å²) in [5.41, 5.74) is 1.57. The number of amides is 1. The third kappa shape index (κ3) is 4.35. The number of hydrogen-bond donors (Lipinski definition) is 1. The summed E-state index contributed by atoms with van der Waals surface area (Å²) in [5.74, 6) is -1.10. The lowest BCUT2D eigenvalue weighted by Crippen LogP contribution is -2.49. The van der Waals surface area contributed by atoms with Gasteiger partial charge in [0, 0.05) is 40.8 Å². The molecule has 0 spiro atoms. The zero-order valence-electron chi connectivity index (χ0n) is 18.5. The van der Waals surface area contributed by atoms with Gasteiger partial charge in [-0.05, 0) is 43.2 Å². The van der Waals surface area contributed by atoms with E-state index in [-0.39, 0.29) is 30.1 Å². The van der Waals surface area contributed by atoms with Gasteiger partial charge in [-0.2, -0.15) is 0 Å². The molecule has 34 heavy (non-hydrogen) atoms. The van der Waals surface area contributed by atoms with Gasteiger partial charge in [0.05, 0.1) is 12.7 Å². The molecule has 3 atom stereocenters. The number of aromatic nitrogens is 1. The number of pyridine rings is 1. The number of fused-ring (bicyclic) bond motifs is 1. The van der Waals surface area contributed by atoms with Crippen molar-refractivity contribution < 1.29 is 18.3 Å². The highest BCUT2D eigenvalue weighted by molar-refractivity contribution is 8.13. The Morgan fingerprint density at radius 3 is 2.71 bits per heavy atom. The van der Waals surface area contributed by atoms with Gasteiger partial charge in [-0.1, -0.05) is 42.1 Å². The van der Waals surface area contributed by atoms with E-state index in [4.69, 9.17) is 9.73 Å². The fourth-order valence-electron chi connectivity index (χ4n) is 4.51. The maximum absolute atomic E-state index is 15.1. The highest BCUT2D eigenvalue weighted by Gasteiger charge is 2.50. The Labute approximate surface area is 200 Å². The Morgan fingerprint density at radius 2 is 1.97 bits per heavy atom. The van der Waals surface area contributed by atoms with Gasteiger partial charge in [0.2, 0.25) is 0 Å². The summed E-state index contributed by atoms with van der Waals surface area (Å²) < 4.78 is 35.0. The number of carbonyl (C=O) groups is 1. The van der Waals surface area contributed by atoms with E-state index in [0.717, 1.165) is 17.3 Å². The van der Waals surface area contributed by atoms with Gasteiger partial charge in [0.1, 0.15) is 17.2 Å². The Balaban J connectivity index is 1.49. The molecule has 0 saturated carbocycles. The summed E-state index contributed by atoms with van der Waals surface area (Å²) >= 11 is 1.42. The van der Waals surface area contributed by atoms with Crippen LogP contribution in [0.15, 0.2) is 71.9 Å². The van der Waals surface area contributed by atoms with Crippen LogP contribution in [0.1, 0.15) is 39.7 Å². The summed E-state index contributed by atoms with van der Waals surface area (Å²) in [4.78, 5) is 21.9. The molecule has 2 aliphatic rings. The van der Waals surface area contributed by atoms with Gasteiger partial charge in [0.15, 0.2) is 5.17 Å². The molecule has 5 rings (SSSR count). The Bertz CT molecular complexity index is 1240. The third-order valence-electron chi connectivity index (χ3n) is 6.36. The Kier molecular flexibility index (Phi) is 6.18. The van der Waals surface area contributed by atoms with Crippen molar-refractivity contribution >= 4 is 22.8 Å². The van der Waals surface area contributed by atoms with Crippen molar-refractivity contribution in [2.75, 3.05) is 12.4 Å². The summed E-state index contributed by atoms with van der Waals surface area (Å²) in [6.07, 6.45) is 2.19. The first kappa shape index (κ1) is 22.7. The number of halogens is 2. The summed E-state index contributed by atoms with van der Waals surface area (Å²) in [5, 5.41) is 3.25. The molecule has 3 aromatic rings. The first-order valence-electron chi connectivity index (χ1n) is 11.0. The van der Waals surface area contributed by atoms with Gasteiger partial charge in [-0.15, -0.1) is 0 Å². The Hall–Kier alpha value is -3.10. The highest BCUT2D eigenvalue weighted by Crippen LogP contribution is 2.49. The van der Waals surface area contributed by atoms with E-state index in [2.05, 4.69) is 10.3 Å². The molecule has 2 aliphatic heterocycles. The van der Waals surface area contributed by atoms with Crippen LogP contribution in [0.25, 0.3) is 0 Å². The first-order valence-corrected chi connectivity index (χ1v) is 12.0. The number of rotatable bonds is 3. The average molecular weight is 480 g/mol. The molecule has 0 radical (unpaired) electrons. The van der Waals surface area contributed by atoms with Gasteiger partial charge in [0.25, 0.3) is 5.91 Å². The van der Waals surface area contributed by atoms with Crippen molar-refractivity contribution in [3.8, 4) is 0 Å². The van der Waals surface area contributed by atoms with Crippen LogP contribution in [0.3, 0.4) is 0 Å². The molecule has 1 N–H and O–H groups in total. The average Bonchev–Trinajstić information content (AvgIpc) is 2.84. The number of nitrogens with one attached hydrogen (secondary N) is 1. The minimum Gasteiger partial charge on any atom is -0.371 e. The highest BCUT2D eigenvalue weighted by atomic mass is 32.2. The number of carbonyl (C=O) groups excluding carboxylic acids is 1. The van der Waals surface area contributed by atoms with Crippen LogP contribution in [-0.4, -0.2) is 28.4 Å². The lowest BCUT2D eigenvalue weighted by atomic mass is 9.74. The van der Waals surface area contributed by atoms with Gasteiger partial charge < -0.3 is 10.1 Å². The normalized spacial score (nSPS) is 24.1. The van der Waals surface area contributed by atoms with Crippen LogP contribution in [0.2, 0.25) is 0 Å². The van der Waals surface area contributed by atoms with Crippen molar-refractivity contribution in [1.29, 1.82) is 0 Å². The number of thioether (sulfide) groups is 1. The second-order valence-electron chi connectivity index (χ2n) is 8.56. The van der Waals surface area contributed by atoms with Crippen LogP contribution in [0.5, 0.6) is 0 Å². The van der Waals surface area contributed by atoms with E-state index in [1.165, 1.54) is 23.9 Å². The molecule has 0 aliphatic carbocycles. The smallest absolute Gasteiger partial charge is 0.257 e. The predicted molar refractivity (Wildman–Crippen MR) is 128 cm³/mol. The summed E-state index contributed by atoms with van der Waals surface area (Å²) in [6.45, 7) is 2.02. The van der Waals surface area contributed by atoms with Crippen LogP contribution in [0.4, 0.5) is 8.78 Å². The zero-order valence-corrected chi connectivity index (χ0v) is 19.3. The van der Waals surface area contributed by atoms with Crippen molar-refractivity contribution in [3.05, 3.63) is 101 Å². The Morgan fingerprint density at radius 1 is 1.15 bits per heavy atom. The van der Waals surface area contributed by atoms with Gasteiger partial charge in [-0.3, -0.25) is 9.78 Å². The number of benzene rings is 2. The van der Waals surface area contributed by atoms with Crippen molar-refractivity contribution in [1.82, 2.24) is 10.3 Å². The van der Waals surface area contributed by atoms with E-state index < -0.39 is 17.2 Å². The van der Waals surface area contributed by atoms with Crippen molar-refractivity contribution in [2.45, 2.75) is 25.0 Å². The monoisotopic (exact) mass is 479 g/mol. The predicted octanol–water partition coefficient (Wildman–Crippen LogP) is 5.17. The molecule has 174 valence electrons. The molecule has 5 nitrogen and oxygen atoms in total. The van der Waals surface area contributed by atoms with Crippen LogP contribution in [0, 0.1) is 24.5 Å². The van der Waals surface area contributed by atoms with Gasteiger partial charge in [-0.25, -0.2) is 13.8 Å². The molecule has 3 unspecified atom stereocenters. The van der Waals surface area contributed by atoms with E-state index in [0.29, 0.717) is 22.9 Å². The molecule has 0 bridgehead atoms. The number of aliphatic imine (C=N–C) groups is 1. The molecule has 1 fully saturated rings. The van der Waals surface area contributed by atoms with Crippen molar-refractivity contribution in [2.24, 2.45) is 10.9 Å². The molecule has 1 amide bonds. The number of aryl methyl sites for hydroxylation is 1. The van der Waals surface area contributed by atoms with E-state index in [9.17, 15) is 9.18 Å². The molecular weight excluding hydrogens is 456 g/mol. The molecular formula is C26H23F2N3O2S. The molecule has 2 aromatic carbocycles. The molecule has 8 heteroatoms. The topological polar surface area (TPSA) is 63.6 Å². The summed E-state index contributed by atoms with van der Waals surface area (Å²) in [6, 6.07) is 16.3. The number of amidine groups is 1. The summed E-state index contributed by atoms with van der Waals surface area (Å²) in [7, 11) is 0. The largest absolute Gasteiger partial charge is 0.371 e. The quantitative estimate of drug-likeness (QED) is 0.563. The van der Waals surface area contributed by atoms with Crippen LogP contribution >= 0.6 is 11.8 Å².